The van der Waals surface area contributed by atoms with E-state index in [-0.39, 0.29) is 5.91 Å². The fourth-order valence-corrected chi connectivity index (χ4v) is 3.25. The van der Waals surface area contributed by atoms with Crippen LogP contribution in [0.25, 0.3) is 0 Å². The number of rotatable bonds is 5. The molecule has 0 saturated carbocycles. The fraction of sp³-hybridized carbons (Fsp3) is 0.357. The lowest BCUT2D eigenvalue weighted by Gasteiger charge is -2.09. The van der Waals surface area contributed by atoms with E-state index < -0.39 is 0 Å². The van der Waals surface area contributed by atoms with Crippen molar-refractivity contribution in [1.29, 1.82) is 0 Å². The summed E-state index contributed by atoms with van der Waals surface area (Å²) in [5, 5.41) is 11.7. The van der Waals surface area contributed by atoms with E-state index >= 15 is 0 Å². The number of amides is 1. The fourth-order valence-electron chi connectivity index (χ4n) is 1.64. The van der Waals surface area contributed by atoms with E-state index in [1.165, 1.54) is 28.7 Å². The molecule has 2 rings (SSSR count). The van der Waals surface area contributed by atoms with Crippen LogP contribution < -0.4 is 5.32 Å². The minimum absolute atomic E-state index is 0.0243. The normalized spacial score (nSPS) is 10.8. The number of anilines is 1. The molecule has 0 aliphatic carbocycles. The lowest BCUT2D eigenvalue weighted by atomic mass is 10.0. The summed E-state index contributed by atoms with van der Waals surface area (Å²) in [4.78, 5) is 11.9. The molecule has 0 saturated heterocycles. The van der Waals surface area contributed by atoms with Gasteiger partial charge in [0.05, 0.1) is 5.75 Å². The molecule has 0 aliphatic rings. The third kappa shape index (κ3) is 4.31. The maximum absolute atomic E-state index is 11.9. The number of hydrogen-bond acceptors (Lipinski definition) is 5. The second-order valence-corrected chi connectivity index (χ2v) is 7.11. The number of thioether (sulfide) groups is 1. The molecule has 1 N–H and O–H groups in total. The van der Waals surface area contributed by atoms with Crippen LogP contribution in [0, 0.1) is 6.92 Å². The third-order valence-corrected chi connectivity index (χ3v) is 4.64. The molecule has 106 valence electrons. The van der Waals surface area contributed by atoms with E-state index in [1.54, 1.807) is 0 Å². The van der Waals surface area contributed by atoms with Gasteiger partial charge in [-0.25, -0.2) is 0 Å². The molecular weight excluding hydrogens is 290 g/mol. The summed E-state index contributed by atoms with van der Waals surface area (Å²) in [6.07, 6.45) is 0. The Morgan fingerprint density at radius 3 is 2.85 bits per heavy atom. The van der Waals surface area contributed by atoms with Crippen LogP contribution in [0.1, 0.15) is 30.3 Å². The lowest BCUT2D eigenvalue weighted by molar-refractivity contribution is -0.113. The first-order valence-electron chi connectivity index (χ1n) is 6.37. The van der Waals surface area contributed by atoms with Crippen molar-refractivity contribution in [2.75, 3.05) is 11.1 Å². The Balaban J connectivity index is 1.89. The number of hydrogen-bond donors (Lipinski definition) is 1. The van der Waals surface area contributed by atoms with E-state index in [1.807, 2.05) is 25.1 Å². The zero-order valence-electron chi connectivity index (χ0n) is 11.7. The van der Waals surface area contributed by atoms with Gasteiger partial charge in [0.1, 0.15) is 5.01 Å². The van der Waals surface area contributed by atoms with Crippen molar-refractivity contribution in [3.63, 3.8) is 0 Å². The maximum Gasteiger partial charge on any atom is 0.234 e. The maximum atomic E-state index is 11.9. The first-order chi connectivity index (χ1) is 9.54. The first-order valence-corrected chi connectivity index (χ1v) is 8.17. The summed E-state index contributed by atoms with van der Waals surface area (Å²) in [6, 6.07) is 7.96. The predicted octanol–water partition coefficient (Wildman–Crippen LogP) is 3.70. The SMILES string of the molecule is Cc1nnc(SCC(=O)Nc2cccc(C(C)C)c2)s1. The molecule has 0 atom stereocenters. The molecular formula is C14H17N3OS2. The van der Waals surface area contributed by atoms with Crippen molar-refractivity contribution in [3.05, 3.63) is 34.8 Å². The van der Waals surface area contributed by atoms with Gasteiger partial charge in [-0.2, -0.15) is 0 Å². The molecule has 4 nitrogen and oxygen atoms in total. The molecule has 1 amide bonds. The van der Waals surface area contributed by atoms with Crippen molar-refractivity contribution in [2.24, 2.45) is 0 Å². The van der Waals surface area contributed by atoms with Gasteiger partial charge in [0.25, 0.3) is 0 Å². The summed E-state index contributed by atoms with van der Waals surface area (Å²) in [5.41, 5.74) is 2.06. The van der Waals surface area contributed by atoms with Crippen molar-refractivity contribution < 1.29 is 4.79 Å². The predicted molar refractivity (Wildman–Crippen MR) is 84.5 cm³/mol. The summed E-state index contributed by atoms with van der Waals surface area (Å²) < 4.78 is 0.827. The van der Waals surface area contributed by atoms with Gasteiger partial charge in [-0.15, -0.1) is 10.2 Å². The minimum Gasteiger partial charge on any atom is -0.325 e. The number of nitrogens with zero attached hydrogens (tertiary/aromatic N) is 2. The largest absolute Gasteiger partial charge is 0.325 e. The second kappa shape index (κ2) is 6.85. The molecule has 0 spiro atoms. The summed E-state index contributed by atoms with van der Waals surface area (Å²) >= 11 is 2.92. The molecule has 1 heterocycles. The van der Waals surface area contributed by atoms with Crippen molar-refractivity contribution in [2.45, 2.75) is 31.0 Å². The van der Waals surface area contributed by atoms with Gasteiger partial charge in [-0.05, 0) is 30.5 Å². The molecule has 20 heavy (non-hydrogen) atoms. The molecule has 1 aromatic carbocycles. The molecule has 0 aliphatic heterocycles. The van der Waals surface area contributed by atoms with Gasteiger partial charge in [0.15, 0.2) is 4.34 Å². The summed E-state index contributed by atoms with van der Waals surface area (Å²) in [6.45, 7) is 6.17. The lowest BCUT2D eigenvalue weighted by Crippen LogP contribution is -2.14. The topological polar surface area (TPSA) is 54.9 Å². The summed E-state index contributed by atoms with van der Waals surface area (Å²) in [5.74, 6) is 0.773. The van der Waals surface area contributed by atoms with Gasteiger partial charge < -0.3 is 5.32 Å². The number of aromatic nitrogens is 2. The molecule has 0 bridgehead atoms. The van der Waals surface area contributed by atoms with Crippen molar-refractivity contribution in [3.8, 4) is 0 Å². The van der Waals surface area contributed by atoms with Crippen molar-refractivity contribution in [1.82, 2.24) is 10.2 Å². The first kappa shape index (κ1) is 15.0. The smallest absolute Gasteiger partial charge is 0.234 e. The Morgan fingerprint density at radius 2 is 2.20 bits per heavy atom. The highest BCUT2D eigenvalue weighted by molar-refractivity contribution is 8.01. The standard InChI is InChI=1S/C14H17N3OS2/c1-9(2)11-5-4-6-12(7-11)15-13(18)8-19-14-17-16-10(3)20-14/h4-7,9H,8H2,1-3H3,(H,15,18). The molecule has 0 unspecified atom stereocenters. The van der Waals surface area contributed by atoms with Crippen LogP contribution in [0.3, 0.4) is 0 Å². The van der Waals surface area contributed by atoms with Crippen LogP contribution in [-0.4, -0.2) is 21.9 Å². The van der Waals surface area contributed by atoms with Gasteiger partial charge >= 0.3 is 0 Å². The number of carbonyl (C=O) groups excluding carboxylic acids is 1. The van der Waals surface area contributed by atoms with E-state index in [2.05, 4.69) is 35.4 Å². The van der Waals surface area contributed by atoms with E-state index in [9.17, 15) is 4.79 Å². The van der Waals surface area contributed by atoms with Crippen molar-refractivity contribution >= 4 is 34.7 Å². The Morgan fingerprint density at radius 1 is 1.40 bits per heavy atom. The molecule has 2 aromatic rings. The van der Waals surface area contributed by atoms with Crippen LogP contribution in [0.15, 0.2) is 28.6 Å². The summed E-state index contributed by atoms with van der Waals surface area (Å²) in [7, 11) is 0. The van der Waals surface area contributed by atoms with Crippen LogP contribution in [0.5, 0.6) is 0 Å². The monoisotopic (exact) mass is 307 g/mol. The zero-order chi connectivity index (χ0) is 14.5. The molecule has 0 fully saturated rings. The van der Waals surface area contributed by atoms with E-state index in [4.69, 9.17) is 0 Å². The highest BCUT2D eigenvalue weighted by Gasteiger charge is 2.08. The highest BCUT2D eigenvalue weighted by atomic mass is 32.2. The Bertz CT molecular complexity index is 596. The second-order valence-electron chi connectivity index (χ2n) is 4.70. The van der Waals surface area contributed by atoms with Crippen LogP contribution in [0.2, 0.25) is 0 Å². The average Bonchev–Trinajstić information content (AvgIpc) is 2.82. The zero-order valence-corrected chi connectivity index (χ0v) is 13.3. The Labute approximate surface area is 127 Å². The minimum atomic E-state index is -0.0243. The molecule has 6 heteroatoms. The number of carbonyl (C=O) groups is 1. The number of aryl methyl sites for hydroxylation is 1. The van der Waals surface area contributed by atoms with Gasteiger partial charge in [0, 0.05) is 5.69 Å². The van der Waals surface area contributed by atoms with Crippen LogP contribution >= 0.6 is 23.1 Å². The molecule has 1 aromatic heterocycles. The Kier molecular flexibility index (Phi) is 5.14. The van der Waals surface area contributed by atoms with Crippen LogP contribution in [-0.2, 0) is 4.79 Å². The highest BCUT2D eigenvalue weighted by Crippen LogP contribution is 2.22. The molecule has 0 radical (unpaired) electrons. The number of nitrogens with one attached hydrogen (secondary N) is 1. The average molecular weight is 307 g/mol. The number of benzene rings is 1. The van der Waals surface area contributed by atoms with Gasteiger partial charge in [0.2, 0.25) is 5.91 Å². The quantitative estimate of drug-likeness (QED) is 0.856. The van der Waals surface area contributed by atoms with Gasteiger partial charge in [-0.3, -0.25) is 4.79 Å². The van der Waals surface area contributed by atoms with Gasteiger partial charge in [-0.1, -0.05) is 49.1 Å². The van der Waals surface area contributed by atoms with Crippen LogP contribution in [0.4, 0.5) is 5.69 Å². The van der Waals surface area contributed by atoms with E-state index in [0.717, 1.165) is 15.0 Å². The van der Waals surface area contributed by atoms with E-state index in [0.29, 0.717) is 11.7 Å². The third-order valence-electron chi connectivity index (χ3n) is 2.67. The Hall–Kier alpha value is -1.40.